The van der Waals surface area contributed by atoms with Gasteiger partial charge in [0.05, 0.1) is 12.2 Å². The number of benzene rings is 1. The number of aliphatic hydroxyl groups excluding tert-OH is 2. The summed E-state index contributed by atoms with van der Waals surface area (Å²) in [6, 6.07) is 9.67. The van der Waals surface area contributed by atoms with Crippen molar-refractivity contribution in [3.63, 3.8) is 0 Å². The fourth-order valence-corrected chi connectivity index (χ4v) is 1.99. The lowest BCUT2D eigenvalue weighted by molar-refractivity contribution is 0.106. The number of hydrogen-bond acceptors (Lipinski definition) is 2. The Balaban J connectivity index is 2.09. The summed E-state index contributed by atoms with van der Waals surface area (Å²) in [5, 5.41) is 19.4. The highest BCUT2D eigenvalue weighted by atomic mass is 16.3. The van der Waals surface area contributed by atoms with Crippen molar-refractivity contribution in [1.82, 2.24) is 0 Å². The Morgan fingerprint density at radius 1 is 1.07 bits per heavy atom. The van der Waals surface area contributed by atoms with E-state index >= 15 is 0 Å². The Hall–Kier alpha value is -1.12. The molecule has 2 N–H and O–H groups in total. The van der Waals surface area contributed by atoms with Crippen LogP contribution in [-0.4, -0.2) is 16.3 Å². The van der Waals surface area contributed by atoms with Crippen LogP contribution in [-0.2, 0) is 0 Å². The molecule has 0 bridgehead atoms. The van der Waals surface area contributed by atoms with E-state index in [4.69, 9.17) is 0 Å². The van der Waals surface area contributed by atoms with E-state index in [1.54, 1.807) is 6.08 Å². The van der Waals surface area contributed by atoms with Gasteiger partial charge in [0, 0.05) is 5.92 Å². The van der Waals surface area contributed by atoms with Gasteiger partial charge in [-0.25, -0.2) is 0 Å². The van der Waals surface area contributed by atoms with Crippen LogP contribution < -0.4 is 0 Å². The molecule has 2 rings (SSSR count). The molecule has 1 aliphatic rings. The van der Waals surface area contributed by atoms with E-state index in [-0.39, 0.29) is 12.0 Å². The van der Waals surface area contributed by atoms with Crippen LogP contribution in [0, 0.1) is 5.92 Å². The van der Waals surface area contributed by atoms with E-state index < -0.39 is 6.10 Å². The molecule has 0 aliphatic heterocycles. The lowest BCUT2D eigenvalue weighted by Gasteiger charge is -2.24. The first-order chi connectivity index (χ1) is 7.27. The summed E-state index contributed by atoms with van der Waals surface area (Å²) in [5.74, 6) is 0.135. The predicted octanol–water partition coefficient (Wildman–Crippen LogP) is 2.05. The highest BCUT2D eigenvalue weighted by Crippen LogP contribution is 2.30. The molecule has 80 valence electrons. The van der Waals surface area contributed by atoms with Gasteiger partial charge >= 0.3 is 0 Å². The first kappa shape index (κ1) is 10.4. The summed E-state index contributed by atoms with van der Waals surface area (Å²) in [6.45, 7) is 0. The Morgan fingerprint density at radius 2 is 1.80 bits per heavy atom. The van der Waals surface area contributed by atoms with E-state index in [0.29, 0.717) is 0 Å². The molecule has 2 heteroatoms. The monoisotopic (exact) mass is 204 g/mol. The Morgan fingerprint density at radius 3 is 2.40 bits per heavy atom. The van der Waals surface area contributed by atoms with Crippen molar-refractivity contribution >= 4 is 0 Å². The van der Waals surface area contributed by atoms with E-state index in [9.17, 15) is 10.2 Å². The highest BCUT2D eigenvalue weighted by molar-refractivity contribution is 5.20. The fourth-order valence-electron chi connectivity index (χ4n) is 1.99. The van der Waals surface area contributed by atoms with Crippen LogP contribution in [0.5, 0.6) is 0 Å². The minimum atomic E-state index is -0.449. The molecular formula is C13H16O2. The summed E-state index contributed by atoms with van der Waals surface area (Å²) < 4.78 is 0. The summed E-state index contributed by atoms with van der Waals surface area (Å²) in [4.78, 5) is 0. The molecule has 1 aliphatic carbocycles. The van der Waals surface area contributed by atoms with Gasteiger partial charge in [0.1, 0.15) is 0 Å². The third-order valence-corrected chi connectivity index (χ3v) is 2.92. The van der Waals surface area contributed by atoms with E-state index in [1.807, 2.05) is 36.4 Å². The SMILES string of the molecule is OC(c1ccccc1)C1C=C[C@H](O)CC1. The molecule has 0 heterocycles. The average molecular weight is 204 g/mol. The standard InChI is InChI=1S/C13H16O2/c14-12-8-6-11(7-9-12)13(15)10-4-2-1-3-5-10/h1-6,8,11-15H,7,9H2/t11?,12-,13?/m0/s1. The molecule has 15 heavy (non-hydrogen) atoms. The largest absolute Gasteiger partial charge is 0.389 e. The molecule has 0 saturated carbocycles. The lowest BCUT2D eigenvalue weighted by atomic mass is 9.86. The molecule has 2 unspecified atom stereocenters. The number of aliphatic hydroxyl groups is 2. The van der Waals surface area contributed by atoms with Gasteiger partial charge in [0.25, 0.3) is 0 Å². The van der Waals surface area contributed by atoms with Crippen molar-refractivity contribution in [1.29, 1.82) is 0 Å². The van der Waals surface area contributed by atoms with Gasteiger partial charge in [-0.15, -0.1) is 0 Å². The quantitative estimate of drug-likeness (QED) is 0.724. The van der Waals surface area contributed by atoms with Gasteiger partial charge in [0.2, 0.25) is 0 Å². The van der Waals surface area contributed by atoms with Crippen molar-refractivity contribution in [2.45, 2.75) is 25.0 Å². The van der Waals surface area contributed by atoms with Crippen LogP contribution in [0.4, 0.5) is 0 Å². The predicted molar refractivity (Wildman–Crippen MR) is 59.3 cm³/mol. The van der Waals surface area contributed by atoms with Gasteiger partial charge in [-0.2, -0.15) is 0 Å². The Labute approximate surface area is 89.9 Å². The topological polar surface area (TPSA) is 40.5 Å². The van der Waals surface area contributed by atoms with E-state index in [1.165, 1.54) is 0 Å². The molecule has 0 saturated heterocycles. The Bertz CT molecular complexity index is 332. The minimum absolute atomic E-state index is 0.135. The van der Waals surface area contributed by atoms with E-state index in [0.717, 1.165) is 18.4 Å². The van der Waals surface area contributed by atoms with Crippen LogP contribution in [0.3, 0.4) is 0 Å². The first-order valence-corrected chi connectivity index (χ1v) is 5.37. The van der Waals surface area contributed by atoms with Gasteiger partial charge in [-0.1, -0.05) is 42.5 Å². The molecule has 0 radical (unpaired) electrons. The molecular weight excluding hydrogens is 188 g/mol. The van der Waals surface area contributed by atoms with E-state index in [2.05, 4.69) is 0 Å². The molecule has 2 nitrogen and oxygen atoms in total. The molecule has 1 aromatic carbocycles. The molecule has 3 atom stereocenters. The number of rotatable bonds is 2. The third-order valence-electron chi connectivity index (χ3n) is 2.92. The maximum absolute atomic E-state index is 10.1. The van der Waals surface area contributed by atoms with Crippen LogP contribution >= 0.6 is 0 Å². The molecule has 0 amide bonds. The zero-order valence-corrected chi connectivity index (χ0v) is 8.58. The molecule has 0 aromatic heterocycles. The maximum atomic E-state index is 10.1. The zero-order chi connectivity index (χ0) is 10.7. The van der Waals surface area contributed by atoms with Gasteiger partial charge in [0.15, 0.2) is 0 Å². The van der Waals surface area contributed by atoms with Crippen molar-refractivity contribution in [3.8, 4) is 0 Å². The van der Waals surface area contributed by atoms with Gasteiger partial charge < -0.3 is 10.2 Å². The van der Waals surface area contributed by atoms with Crippen LogP contribution in [0.25, 0.3) is 0 Å². The van der Waals surface area contributed by atoms with Gasteiger partial charge in [-0.3, -0.25) is 0 Å². The average Bonchev–Trinajstić information content (AvgIpc) is 2.30. The second-order valence-electron chi connectivity index (χ2n) is 4.05. The second kappa shape index (κ2) is 4.60. The first-order valence-electron chi connectivity index (χ1n) is 5.37. The van der Waals surface area contributed by atoms with Crippen LogP contribution in [0.15, 0.2) is 42.5 Å². The van der Waals surface area contributed by atoms with Gasteiger partial charge in [-0.05, 0) is 18.4 Å². The third kappa shape index (κ3) is 2.46. The van der Waals surface area contributed by atoms with Crippen molar-refractivity contribution in [2.75, 3.05) is 0 Å². The Kier molecular flexibility index (Phi) is 3.19. The summed E-state index contributed by atoms with van der Waals surface area (Å²) in [5.41, 5.74) is 0.948. The van der Waals surface area contributed by atoms with Crippen LogP contribution in [0.2, 0.25) is 0 Å². The second-order valence-corrected chi connectivity index (χ2v) is 4.05. The minimum Gasteiger partial charge on any atom is -0.389 e. The van der Waals surface area contributed by atoms with Crippen molar-refractivity contribution < 1.29 is 10.2 Å². The number of hydrogen-bond donors (Lipinski definition) is 2. The molecule has 0 fully saturated rings. The van der Waals surface area contributed by atoms with Crippen molar-refractivity contribution in [3.05, 3.63) is 48.0 Å². The maximum Gasteiger partial charge on any atom is 0.0852 e. The fraction of sp³-hybridized carbons (Fsp3) is 0.385. The lowest BCUT2D eigenvalue weighted by Crippen LogP contribution is -2.18. The highest BCUT2D eigenvalue weighted by Gasteiger charge is 2.21. The normalized spacial score (nSPS) is 27.6. The van der Waals surface area contributed by atoms with Crippen molar-refractivity contribution in [2.24, 2.45) is 5.92 Å². The zero-order valence-electron chi connectivity index (χ0n) is 8.58. The van der Waals surface area contributed by atoms with Crippen LogP contribution in [0.1, 0.15) is 24.5 Å². The molecule has 1 aromatic rings. The molecule has 0 spiro atoms. The summed E-state index contributed by atoms with van der Waals surface area (Å²) in [6.07, 6.45) is 4.50. The smallest absolute Gasteiger partial charge is 0.0852 e. The summed E-state index contributed by atoms with van der Waals surface area (Å²) >= 11 is 0. The summed E-state index contributed by atoms with van der Waals surface area (Å²) in [7, 11) is 0.